The first-order valence-electron chi connectivity index (χ1n) is 6.93. The first-order chi connectivity index (χ1) is 8.42. The van der Waals surface area contributed by atoms with Gasteiger partial charge >= 0.3 is 0 Å². The normalized spacial score (nSPS) is 22.5. The molecule has 0 radical (unpaired) electrons. The second-order valence-electron chi connectivity index (χ2n) is 6.40. The van der Waals surface area contributed by atoms with E-state index in [1.54, 1.807) is 0 Å². The van der Waals surface area contributed by atoms with Crippen molar-refractivity contribution in [2.75, 3.05) is 25.0 Å². The van der Waals surface area contributed by atoms with Crippen molar-refractivity contribution in [3.8, 4) is 0 Å². The van der Waals surface area contributed by atoms with Gasteiger partial charge in [-0.3, -0.25) is 0 Å². The minimum absolute atomic E-state index is 0.266. The summed E-state index contributed by atoms with van der Waals surface area (Å²) in [5.41, 5.74) is 4.37. The number of aryl methyl sites for hydroxylation is 2. The number of hydrogen-bond donors (Lipinski definition) is 1. The fourth-order valence-electron chi connectivity index (χ4n) is 3.37. The maximum absolute atomic E-state index is 3.32. The molecule has 1 aromatic rings. The molecule has 0 saturated carbocycles. The van der Waals surface area contributed by atoms with Crippen molar-refractivity contribution in [3.05, 3.63) is 29.3 Å². The standard InChI is InChI=1S/C16H26N2/c1-12-6-13(2)8-15(7-12)18-11-14(10-17-5)9-16(18,3)4/h6-8,14,17H,9-11H2,1-5H3. The van der Waals surface area contributed by atoms with E-state index in [0.29, 0.717) is 0 Å². The molecule has 0 spiro atoms. The molecule has 18 heavy (non-hydrogen) atoms. The highest BCUT2D eigenvalue weighted by molar-refractivity contribution is 5.54. The molecule has 1 aliphatic rings. The Hall–Kier alpha value is -1.02. The monoisotopic (exact) mass is 246 g/mol. The Morgan fingerprint density at radius 3 is 2.39 bits per heavy atom. The molecule has 1 aromatic carbocycles. The molecule has 2 rings (SSSR count). The molecule has 1 unspecified atom stereocenters. The summed E-state index contributed by atoms with van der Waals surface area (Å²) in [5.74, 6) is 0.755. The quantitative estimate of drug-likeness (QED) is 0.881. The van der Waals surface area contributed by atoms with Crippen LogP contribution in [-0.2, 0) is 0 Å². The Labute approximate surface area is 111 Å². The van der Waals surface area contributed by atoms with Crippen LogP contribution in [0.2, 0.25) is 0 Å². The van der Waals surface area contributed by atoms with Gasteiger partial charge in [0.2, 0.25) is 0 Å². The zero-order chi connectivity index (χ0) is 13.3. The number of anilines is 1. The van der Waals surface area contributed by atoms with Gasteiger partial charge < -0.3 is 10.2 Å². The largest absolute Gasteiger partial charge is 0.366 e. The van der Waals surface area contributed by atoms with E-state index in [9.17, 15) is 0 Å². The van der Waals surface area contributed by atoms with Crippen LogP contribution in [0.4, 0.5) is 5.69 Å². The molecular formula is C16H26N2. The summed E-state index contributed by atoms with van der Waals surface area (Å²) < 4.78 is 0. The van der Waals surface area contributed by atoms with Gasteiger partial charge in [0, 0.05) is 17.8 Å². The maximum Gasteiger partial charge on any atom is 0.0376 e. The summed E-state index contributed by atoms with van der Waals surface area (Å²) in [6.45, 7) is 11.4. The van der Waals surface area contributed by atoms with Gasteiger partial charge in [0.25, 0.3) is 0 Å². The topological polar surface area (TPSA) is 15.3 Å². The second-order valence-corrected chi connectivity index (χ2v) is 6.40. The van der Waals surface area contributed by atoms with E-state index in [1.165, 1.54) is 23.2 Å². The third-order valence-corrected chi connectivity index (χ3v) is 3.97. The molecule has 0 aliphatic carbocycles. The van der Waals surface area contributed by atoms with Gasteiger partial charge in [0.15, 0.2) is 0 Å². The summed E-state index contributed by atoms with van der Waals surface area (Å²) in [4.78, 5) is 2.58. The molecule has 0 bridgehead atoms. The van der Waals surface area contributed by atoms with Crippen molar-refractivity contribution in [2.45, 2.75) is 39.7 Å². The van der Waals surface area contributed by atoms with E-state index >= 15 is 0 Å². The molecule has 1 N–H and O–H groups in total. The molecule has 1 atom stereocenters. The van der Waals surface area contributed by atoms with Crippen molar-refractivity contribution < 1.29 is 0 Å². The molecule has 1 fully saturated rings. The van der Waals surface area contributed by atoms with Crippen molar-refractivity contribution in [3.63, 3.8) is 0 Å². The highest BCUT2D eigenvalue weighted by Gasteiger charge is 2.37. The van der Waals surface area contributed by atoms with Crippen LogP contribution in [0.5, 0.6) is 0 Å². The number of hydrogen-bond acceptors (Lipinski definition) is 2. The third kappa shape index (κ3) is 2.69. The zero-order valence-electron chi connectivity index (χ0n) is 12.4. The molecule has 100 valence electrons. The number of nitrogens with zero attached hydrogens (tertiary/aromatic N) is 1. The summed E-state index contributed by atoms with van der Waals surface area (Å²) in [6, 6.07) is 6.88. The van der Waals surface area contributed by atoms with Gasteiger partial charge in [0.05, 0.1) is 0 Å². The lowest BCUT2D eigenvalue weighted by Gasteiger charge is -2.34. The van der Waals surface area contributed by atoms with Crippen LogP contribution in [0.3, 0.4) is 0 Å². The number of benzene rings is 1. The lowest BCUT2D eigenvalue weighted by atomic mass is 9.96. The van der Waals surface area contributed by atoms with Crippen LogP contribution in [0.25, 0.3) is 0 Å². The van der Waals surface area contributed by atoms with E-state index in [1.807, 2.05) is 7.05 Å². The zero-order valence-corrected chi connectivity index (χ0v) is 12.4. The fourth-order valence-corrected chi connectivity index (χ4v) is 3.37. The van der Waals surface area contributed by atoms with Gasteiger partial charge in [-0.2, -0.15) is 0 Å². The molecule has 0 amide bonds. The SMILES string of the molecule is CNCC1CN(c2cc(C)cc(C)c2)C(C)(C)C1. The van der Waals surface area contributed by atoms with Crippen molar-refractivity contribution in [2.24, 2.45) is 5.92 Å². The van der Waals surface area contributed by atoms with Crippen LogP contribution < -0.4 is 10.2 Å². The smallest absolute Gasteiger partial charge is 0.0376 e. The van der Waals surface area contributed by atoms with Gasteiger partial charge in [-0.1, -0.05) is 6.07 Å². The highest BCUT2D eigenvalue weighted by atomic mass is 15.2. The predicted molar refractivity (Wildman–Crippen MR) is 79.4 cm³/mol. The first-order valence-corrected chi connectivity index (χ1v) is 6.93. The van der Waals surface area contributed by atoms with Crippen molar-refractivity contribution in [1.82, 2.24) is 5.32 Å². The molecule has 2 nitrogen and oxygen atoms in total. The average Bonchev–Trinajstić information content (AvgIpc) is 2.52. The van der Waals surface area contributed by atoms with Gasteiger partial charge in [-0.05, 0) is 76.9 Å². The van der Waals surface area contributed by atoms with E-state index in [2.05, 4.69) is 56.1 Å². The Morgan fingerprint density at radius 1 is 1.22 bits per heavy atom. The predicted octanol–water partition coefficient (Wildman–Crippen LogP) is 3.13. The Kier molecular flexibility index (Phi) is 3.67. The number of nitrogens with one attached hydrogen (secondary N) is 1. The highest BCUT2D eigenvalue weighted by Crippen LogP contribution is 2.37. The van der Waals surface area contributed by atoms with E-state index in [-0.39, 0.29) is 5.54 Å². The minimum atomic E-state index is 0.266. The average molecular weight is 246 g/mol. The first kappa shape index (κ1) is 13.4. The summed E-state index contributed by atoms with van der Waals surface area (Å²) >= 11 is 0. The van der Waals surface area contributed by atoms with Crippen LogP contribution in [0.15, 0.2) is 18.2 Å². The van der Waals surface area contributed by atoms with E-state index in [0.717, 1.165) is 19.0 Å². The maximum atomic E-state index is 3.32. The molecule has 1 saturated heterocycles. The molecular weight excluding hydrogens is 220 g/mol. The van der Waals surface area contributed by atoms with Gasteiger partial charge in [-0.15, -0.1) is 0 Å². The summed E-state index contributed by atoms with van der Waals surface area (Å²) in [7, 11) is 2.05. The molecule has 1 heterocycles. The van der Waals surface area contributed by atoms with Crippen molar-refractivity contribution in [1.29, 1.82) is 0 Å². The van der Waals surface area contributed by atoms with E-state index in [4.69, 9.17) is 0 Å². The van der Waals surface area contributed by atoms with Crippen molar-refractivity contribution >= 4 is 5.69 Å². The lowest BCUT2D eigenvalue weighted by molar-refractivity contribution is 0.462. The Balaban J connectivity index is 2.26. The fraction of sp³-hybridized carbons (Fsp3) is 0.625. The molecule has 1 aliphatic heterocycles. The van der Waals surface area contributed by atoms with Crippen LogP contribution in [0, 0.1) is 19.8 Å². The molecule has 0 aromatic heterocycles. The Bertz CT molecular complexity index is 403. The van der Waals surface area contributed by atoms with Gasteiger partial charge in [-0.25, -0.2) is 0 Å². The minimum Gasteiger partial charge on any atom is -0.366 e. The number of rotatable bonds is 3. The van der Waals surface area contributed by atoms with Crippen LogP contribution in [0.1, 0.15) is 31.4 Å². The van der Waals surface area contributed by atoms with Crippen LogP contribution in [-0.4, -0.2) is 25.7 Å². The van der Waals surface area contributed by atoms with Gasteiger partial charge in [0.1, 0.15) is 0 Å². The van der Waals surface area contributed by atoms with Crippen LogP contribution >= 0.6 is 0 Å². The molecule has 2 heteroatoms. The summed E-state index contributed by atoms with van der Waals surface area (Å²) in [6.07, 6.45) is 1.26. The van der Waals surface area contributed by atoms with E-state index < -0.39 is 0 Å². The second kappa shape index (κ2) is 4.93. The lowest BCUT2D eigenvalue weighted by Crippen LogP contribution is -2.38. The third-order valence-electron chi connectivity index (χ3n) is 3.97. The Morgan fingerprint density at radius 2 is 1.83 bits per heavy atom. The summed E-state index contributed by atoms with van der Waals surface area (Å²) in [5, 5.41) is 3.32.